The van der Waals surface area contributed by atoms with E-state index in [-0.39, 0.29) is 0 Å². The highest BCUT2D eigenvalue weighted by atomic mass is 32.2. The third-order valence-corrected chi connectivity index (χ3v) is 7.12. The number of thiazole rings is 1. The third-order valence-electron chi connectivity index (χ3n) is 5.42. The lowest BCUT2D eigenvalue weighted by Gasteiger charge is -2.10. The molecule has 1 aliphatic carbocycles. The first-order valence-corrected chi connectivity index (χ1v) is 12.7. The van der Waals surface area contributed by atoms with Gasteiger partial charge in [0.2, 0.25) is 5.95 Å². The minimum Gasteiger partial charge on any atom is -0.309 e. The van der Waals surface area contributed by atoms with E-state index in [2.05, 4.69) is 69.8 Å². The smallest absolute Gasteiger partial charge is 0.229 e. The van der Waals surface area contributed by atoms with Gasteiger partial charge in [-0.3, -0.25) is 5.10 Å². The average Bonchev–Trinajstić information content (AvgIpc) is 3.33. The highest BCUT2D eigenvalue weighted by Crippen LogP contribution is 2.39. The highest BCUT2D eigenvalue weighted by Gasteiger charge is 2.25. The zero-order valence-electron chi connectivity index (χ0n) is 18.3. The number of aromatic amines is 1. The number of aryl methyl sites for hydroxylation is 1. The van der Waals surface area contributed by atoms with Crippen LogP contribution in [-0.2, 0) is 6.42 Å². The largest absolute Gasteiger partial charge is 0.309 e. The number of rotatable bonds is 10. The van der Waals surface area contributed by atoms with Gasteiger partial charge < -0.3 is 10.2 Å². The van der Waals surface area contributed by atoms with E-state index in [1.807, 2.05) is 5.51 Å². The number of hydrogen-bond acceptors (Lipinski definition) is 8. The normalized spacial score (nSPS) is 13.8. The number of nitrogens with zero attached hydrogens (tertiary/aromatic N) is 5. The predicted octanol–water partition coefficient (Wildman–Crippen LogP) is 5.47. The second kappa shape index (κ2) is 9.56. The van der Waals surface area contributed by atoms with Gasteiger partial charge in [0.05, 0.1) is 15.7 Å². The van der Waals surface area contributed by atoms with E-state index in [0.717, 1.165) is 52.8 Å². The van der Waals surface area contributed by atoms with Gasteiger partial charge in [-0.1, -0.05) is 11.8 Å². The van der Waals surface area contributed by atoms with Crippen LogP contribution < -0.4 is 5.32 Å². The molecule has 3 heterocycles. The topological polar surface area (TPSA) is 82.6 Å². The Balaban J connectivity index is 1.35. The average molecular weight is 466 g/mol. The first kappa shape index (κ1) is 21.4. The van der Waals surface area contributed by atoms with E-state index in [0.29, 0.717) is 11.9 Å². The fourth-order valence-corrected chi connectivity index (χ4v) is 5.25. The number of unbranched alkanes of at least 4 members (excludes halogenated alkanes) is 1. The van der Waals surface area contributed by atoms with Crippen LogP contribution in [0.15, 0.2) is 45.8 Å². The van der Waals surface area contributed by atoms with Crippen molar-refractivity contribution in [1.82, 2.24) is 30.0 Å². The van der Waals surface area contributed by atoms with Crippen molar-refractivity contribution in [3.8, 4) is 0 Å². The number of nitrogens with one attached hydrogen (secondary N) is 2. The van der Waals surface area contributed by atoms with Crippen LogP contribution in [0.4, 0.5) is 11.8 Å². The third kappa shape index (κ3) is 5.46. The van der Waals surface area contributed by atoms with Crippen molar-refractivity contribution < 1.29 is 0 Å². The van der Waals surface area contributed by atoms with E-state index in [4.69, 9.17) is 9.97 Å². The van der Waals surface area contributed by atoms with Gasteiger partial charge >= 0.3 is 0 Å². The van der Waals surface area contributed by atoms with Crippen LogP contribution in [0, 0.1) is 0 Å². The van der Waals surface area contributed by atoms with E-state index >= 15 is 0 Å². The molecule has 166 valence electrons. The van der Waals surface area contributed by atoms with Crippen LogP contribution in [0.5, 0.6) is 0 Å². The zero-order chi connectivity index (χ0) is 21.9. The summed E-state index contributed by atoms with van der Waals surface area (Å²) in [6.07, 6.45) is 5.66. The first-order chi connectivity index (χ1) is 15.6. The maximum Gasteiger partial charge on any atom is 0.229 e. The summed E-state index contributed by atoms with van der Waals surface area (Å²) in [6.45, 7) is 1.09. The van der Waals surface area contributed by atoms with Crippen LogP contribution in [0.1, 0.15) is 43.0 Å². The summed E-state index contributed by atoms with van der Waals surface area (Å²) in [7, 11) is 4.22. The fourth-order valence-electron chi connectivity index (χ4n) is 3.58. The van der Waals surface area contributed by atoms with Crippen molar-refractivity contribution in [1.29, 1.82) is 0 Å². The SMILES string of the molecule is CN(C)CCCCc1cc(Sc2ccc3ncsc3c2)nc(Nc2cc(C3CC3)[nH]n2)n1. The summed E-state index contributed by atoms with van der Waals surface area (Å²) in [6, 6.07) is 10.5. The van der Waals surface area contributed by atoms with Crippen LogP contribution in [0.2, 0.25) is 0 Å². The molecule has 4 aromatic rings. The van der Waals surface area contributed by atoms with Crippen molar-refractivity contribution in [2.24, 2.45) is 0 Å². The predicted molar refractivity (Wildman–Crippen MR) is 131 cm³/mol. The molecule has 5 rings (SSSR count). The zero-order valence-corrected chi connectivity index (χ0v) is 20.0. The van der Waals surface area contributed by atoms with Crippen LogP contribution in [0.3, 0.4) is 0 Å². The Hall–Kier alpha value is -2.49. The molecule has 1 saturated carbocycles. The van der Waals surface area contributed by atoms with Crippen molar-refractivity contribution in [2.75, 3.05) is 26.0 Å². The second-order valence-corrected chi connectivity index (χ2v) is 10.5. The van der Waals surface area contributed by atoms with Gasteiger partial charge in [0.25, 0.3) is 0 Å². The van der Waals surface area contributed by atoms with Gasteiger partial charge in [-0.15, -0.1) is 11.3 Å². The Bertz CT molecular complexity index is 1200. The van der Waals surface area contributed by atoms with Gasteiger partial charge in [-0.2, -0.15) is 5.10 Å². The van der Waals surface area contributed by atoms with Crippen molar-refractivity contribution in [3.63, 3.8) is 0 Å². The molecule has 0 amide bonds. The number of fused-ring (bicyclic) bond motifs is 1. The lowest BCUT2D eigenvalue weighted by atomic mass is 10.2. The maximum atomic E-state index is 4.79. The second-order valence-electron chi connectivity index (χ2n) is 8.47. The molecular weight excluding hydrogens is 438 g/mol. The molecule has 0 bridgehead atoms. The van der Waals surface area contributed by atoms with Gasteiger partial charge in [0.15, 0.2) is 5.82 Å². The maximum absolute atomic E-state index is 4.79. The molecular formula is C23H27N7S2. The lowest BCUT2D eigenvalue weighted by Crippen LogP contribution is -2.13. The summed E-state index contributed by atoms with van der Waals surface area (Å²) in [5.74, 6) is 2.01. The summed E-state index contributed by atoms with van der Waals surface area (Å²) >= 11 is 3.32. The summed E-state index contributed by atoms with van der Waals surface area (Å²) in [5, 5.41) is 11.8. The summed E-state index contributed by atoms with van der Waals surface area (Å²) < 4.78 is 1.19. The number of H-pyrrole nitrogens is 1. The molecule has 32 heavy (non-hydrogen) atoms. The molecule has 1 aromatic carbocycles. The number of anilines is 2. The molecule has 7 nitrogen and oxygen atoms in total. The highest BCUT2D eigenvalue weighted by molar-refractivity contribution is 7.99. The molecule has 0 radical (unpaired) electrons. The summed E-state index contributed by atoms with van der Waals surface area (Å²) in [4.78, 5) is 17.3. The van der Waals surface area contributed by atoms with Gasteiger partial charge in [-0.05, 0) is 77.0 Å². The first-order valence-electron chi connectivity index (χ1n) is 11.0. The minimum absolute atomic E-state index is 0.602. The van der Waals surface area contributed by atoms with E-state index in [1.54, 1.807) is 23.1 Å². The van der Waals surface area contributed by atoms with Gasteiger partial charge in [0.1, 0.15) is 5.03 Å². The molecule has 3 aromatic heterocycles. The molecule has 0 spiro atoms. The molecule has 0 saturated heterocycles. The number of benzene rings is 1. The lowest BCUT2D eigenvalue weighted by molar-refractivity contribution is 0.394. The fraction of sp³-hybridized carbons (Fsp3) is 0.391. The molecule has 0 aliphatic heterocycles. The Labute approximate surface area is 196 Å². The Kier molecular flexibility index (Phi) is 6.38. The van der Waals surface area contributed by atoms with E-state index in [9.17, 15) is 0 Å². The van der Waals surface area contributed by atoms with Crippen molar-refractivity contribution in [3.05, 3.63) is 47.2 Å². The molecule has 0 atom stereocenters. The van der Waals surface area contributed by atoms with Crippen LogP contribution in [0.25, 0.3) is 10.2 Å². The molecule has 1 fully saturated rings. The van der Waals surface area contributed by atoms with Crippen LogP contribution >= 0.6 is 23.1 Å². The minimum atomic E-state index is 0.602. The quantitative estimate of drug-likeness (QED) is 0.237. The van der Waals surface area contributed by atoms with E-state index in [1.165, 1.54) is 23.2 Å². The Morgan fingerprint density at radius 1 is 1.16 bits per heavy atom. The number of aromatic nitrogens is 5. The standard InChI is InChI=1S/C23H27N7S2/c1-30(2)10-4-3-5-16-11-22(32-17-8-9-18-20(12-17)31-14-24-18)27-23(25-16)26-21-13-19(28-29-21)15-6-7-15/h8-9,11-15H,3-7,10H2,1-2H3,(H2,25,26,27,28,29). The van der Waals surface area contributed by atoms with E-state index < -0.39 is 0 Å². The molecule has 9 heteroatoms. The molecule has 2 N–H and O–H groups in total. The van der Waals surface area contributed by atoms with Crippen molar-refractivity contribution >= 4 is 45.1 Å². The summed E-state index contributed by atoms with van der Waals surface area (Å²) in [5.41, 5.74) is 5.17. The molecule has 1 aliphatic rings. The van der Waals surface area contributed by atoms with Gasteiger partial charge in [0, 0.05) is 28.3 Å². The Morgan fingerprint density at radius 2 is 2.06 bits per heavy atom. The molecule has 0 unspecified atom stereocenters. The van der Waals surface area contributed by atoms with Gasteiger partial charge in [-0.25, -0.2) is 15.0 Å². The van der Waals surface area contributed by atoms with Crippen LogP contribution in [-0.4, -0.2) is 50.7 Å². The Morgan fingerprint density at radius 3 is 2.91 bits per heavy atom. The number of hydrogen-bond donors (Lipinski definition) is 2. The monoisotopic (exact) mass is 465 g/mol. The van der Waals surface area contributed by atoms with Crippen molar-refractivity contribution in [2.45, 2.75) is 47.9 Å².